The fourth-order valence-corrected chi connectivity index (χ4v) is 1.46. The van der Waals surface area contributed by atoms with Crippen molar-refractivity contribution in [2.24, 2.45) is 0 Å². The van der Waals surface area contributed by atoms with Gasteiger partial charge in [0.15, 0.2) is 0 Å². The highest BCUT2D eigenvalue weighted by Gasteiger charge is 2.16. The minimum Gasteiger partial charge on any atom is -0.545 e. The van der Waals surface area contributed by atoms with E-state index >= 15 is 0 Å². The van der Waals surface area contributed by atoms with Crippen LogP contribution in [0.3, 0.4) is 0 Å². The summed E-state index contributed by atoms with van der Waals surface area (Å²) in [6, 6.07) is 3.55. The van der Waals surface area contributed by atoms with Crippen molar-refractivity contribution in [1.29, 1.82) is 0 Å². The number of halogens is 2. The number of carboxylic acids is 1. The molecule has 2 atom stereocenters. The van der Waals surface area contributed by atoms with Crippen molar-refractivity contribution >= 4 is 63.1 Å². The van der Waals surface area contributed by atoms with Gasteiger partial charge in [-0.25, -0.2) is 0 Å². The van der Waals surface area contributed by atoms with E-state index in [1.165, 1.54) is 6.07 Å². The van der Waals surface area contributed by atoms with E-state index in [-0.39, 0.29) is 17.1 Å². The standard InChI is InChI=1S/C13H12I2O6/c1-6(14)12(18)20-9-3-8(11(16)17)4-10(5-9)21-13(19)7(2)15/h3-7H,1-2H3,(H,16,17)/p-1. The third-order valence-corrected chi connectivity index (χ3v) is 3.22. The lowest BCUT2D eigenvalue weighted by atomic mass is 10.2. The van der Waals surface area contributed by atoms with Crippen LogP contribution < -0.4 is 14.6 Å². The van der Waals surface area contributed by atoms with Gasteiger partial charge in [0, 0.05) is 11.6 Å². The first-order chi connectivity index (χ1) is 9.70. The van der Waals surface area contributed by atoms with Gasteiger partial charge in [0.1, 0.15) is 19.3 Å². The second-order valence-electron chi connectivity index (χ2n) is 4.05. The number of rotatable bonds is 5. The summed E-state index contributed by atoms with van der Waals surface area (Å²) in [6.45, 7) is 3.26. The Labute approximate surface area is 148 Å². The fraction of sp³-hybridized carbons (Fsp3) is 0.308. The van der Waals surface area contributed by atoms with Crippen LogP contribution >= 0.6 is 45.2 Å². The van der Waals surface area contributed by atoms with Crippen molar-refractivity contribution in [2.45, 2.75) is 21.7 Å². The number of aromatic carboxylic acids is 1. The number of benzene rings is 1. The van der Waals surface area contributed by atoms with E-state index in [1.807, 2.05) is 45.2 Å². The van der Waals surface area contributed by atoms with Crippen LogP contribution in [0.4, 0.5) is 0 Å². The second kappa shape index (κ2) is 7.92. The van der Waals surface area contributed by atoms with Crippen LogP contribution in [-0.4, -0.2) is 25.8 Å². The number of hydrogen-bond acceptors (Lipinski definition) is 6. The summed E-state index contributed by atoms with van der Waals surface area (Å²) in [5.41, 5.74) is -0.245. The highest BCUT2D eigenvalue weighted by atomic mass is 127. The second-order valence-corrected chi connectivity index (χ2v) is 7.79. The maximum atomic E-state index is 11.5. The van der Waals surface area contributed by atoms with Gasteiger partial charge in [0.25, 0.3) is 0 Å². The molecular weight excluding hydrogens is 506 g/mol. The molecule has 0 fully saturated rings. The molecule has 0 saturated heterocycles. The van der Waals surface area contributed by atoms with Crippen LogP contribution in [0, 0.1) is 0 Å². The first-order valence-electron chi connectivity index (χ1n) is 5.78. The number of carbonyl (C=O) groups excluding carboxylic acids is 3. The summed E-state index contributed by atoms with van der Waals surface area (Å²) in [5, 5.41) is 10.9. The summed E-state index contributed by atoms with van der Waals surface area (Å²) in [6.07, 6.45) is 0. The Bertz CT molecular complexity index is 528. The first-order valence-corrected chi connectivity index (χ1v) is 8.27. The lowest BCUT2D eigenvalue weighted by Gasteiger charge is -2.12. The molecule has 0 aromatic heterocycles. The van der Waals surface area contributed by atoms with E-state index in [4.69, 9.17) is 9.47 Å². The van der Waals surface area contributed by atoms with E-state index in [0.717, 1.165) is 12.1 Å². The molecule has 0 N–H and O–H groups in total. The number of hydrogen-bond donors (Lipinski definition) is 0. The zero-order valence-electron chi connectivity index (χ0n) is 11.1. The van der Waals surface area contributed by atoms with Crippen molar-refractivity contribution in [3.05, 3.63) is 23.8 Å². The average Bonchev–Trinajstić information content (AvgIpc) is 2.37. The minimum absolute atomic E-state index is 0.0193. The monoisotopic (exact) mass is 517 g/mol. The summed E-state index contributed by atoms with van der Waals surface area (Å²) in [5.74, 6) is -2.57. The van der Waals surface area contributed by atoms with Gasteiger partial charge in [-0.05, 0) is 26.0 Å². The van der Waals surface area contributed by atoms with Gasteiger partial charge in [0.05, 0.1) is 5.97 Å². The summed E-state index contributed by atoms with van der Waals surface area (Å²) in [4.78, 5) is 34.0. The molecular formula is C13H11I2O6-. The van der Waals surface area contributed by atoms with Crippen LogP contribution in [0.15, 0.2) is 18.2 Å². The zero-order valence-corrected chi connectivity index (χ0v) is 15.4. The van der Waals surface area contributed by atoms with Gasteiger partial charge in [0.2, 0.25) is 0 Å². The molecule has 2 unspecified atom stereocenters. The Balaban J connectivity index is 3.08. The highest BCUT2D eigenvalue weighted by molar-refractivity contribution is 14.1. The molecule has 6 nitrogen and oxygen atoms in total. The van der Waals surface area contributed by atoms with Crippen molar-refractivity contribution in [3.8, 4) is 11.5 Å². The molecule has 1 aromatic rings. The first kappa shape index (κ1) is 18.1. The molecule has 1 rings (SSSR count). The Hall–Kier alpha value is -0.910. The molecule has 0 bridgehead atoms. The van der Waals surface area contributed by atoms with E-state index in [9.17, 15) is 19.5 Å². The van der Waals surface area contributed by atoms with Gasteiger partial charge >= 0.3 is 11.9 Å². The average molecular weight is 517 g/mol. The van der Waals surface area contributed by atoms with E-state index in [0.29, 0.717) is 0 Å². The normalized spacial score (nSPS) is 13.1. The number of carboxylic acid groups (broad SMARTS) is 1. The quantitative estimate of drug-likeness (QED) is 0.255. The minimum atomic E-state index is -1.46. The molecule has 0 aliphatic carbocycles. The fourth-order valence-electron chi connectivity index (χ4n) is 1.20. The molecule has 0 aliphatic heterocycles. The van der Waals surface area contributed by atoms with E-state index in [2.05, 4.69) is 0 Å². The summed E-state index contributed by atoms with van der Waals surface area (Å²) >= 11 is 3.73. The Morgan fingerprint density at radius 2 is 1.33 bits per heavy atom. The van der Waals surface area contributed by atoms with Gasteiger partial charge in [-0.2, -0.15) is 0 Å². The molecule has 1 aromatic carbocycles. The zero-order chi connectivity index (χ0) is 16.2. The van der Waals surface area contributed by atoms with Crippen LogP contribution in [0.2, 0.25) is 0 Å². The molecule has 0 aliphatic rings. The number of esters is 2. The molecule has 21 heavy (non-hydrogen) atoms. The van der Waals surface area contributed by atoms with Gasteiger partial charge in [-0.1, -0.05) is 45.2 Å². The smallest absolute Gasteiger partial charge is 0.323 e. The lowest BCUT2D eigenvalue weighted by Crippen LogP contribution is -2.23. The third-order valence-electron chi connectivity index (χ3n) is 2.20. The van der Waals surface area contributed by atoms with E-state index < -0.39 is 25.8 Å². The van der Waals surface area contributed by atoms with Crippen molar-refractivity contribution in [1.82, 2.24) is 0 Å². The Morgan fingerprint density at radius 3 is 1.62 bits per heavy atom. The molecule has 0 heterocycles. The predicted molar refractivity (Wildman–Crippen MR) is 89.0 cm³/mol. The Morgan fingerprint density at radius 1 is 0.952 bits per heavy atom. The highest BCUT2D eigenvalue weighted by Crippen LogP contribution is 2.24. The largest absolute Gasteiger partial charge is 0.545 e. The molecule has 114 valence electrons. The van der Waals surface area contributed by atoms with Gasteiger partial charge in [-0.3, -0.25) is 9.59 Å². The molecule has 0 radical (unpaired) electrons. The third kappa shape index (κ3) is 5.77. The van der Waals surface area contributed by atoms with Gasteiger partial charge in [-0.15, -0.1) is 0 Å². The van der Waals surface area contributed by atoms with Crippen molar-refractivity contribution in [2.75, 3.05) is 0 Å². The topological polar surface area (TPSA) is 92.7 Å². The summed E-state index contributed by atoms with van der Waals surface area (Å²) in [7, 11) is 0. The van der Waals surface area contributed by atoms with Crippen molar-refractivity contribution < 1.29 is 29.0 Å². The maximum absolute atomic E-state index is 11.5. The molecule has 8 heteroatoms. The van der Waals surface area contributed by atoms with Crippen LogP contribution in [0.1, 0.15) is 24.2 Å². The SMILES string of the molecule is CC(I)C(=O)Oc1cc(OC(=O)C(C)I)cc(C(=O)[O-])c1. The molecule has 0 saturated carbocycles. The Kier molecular flexibility index (Phi) is 6.84. The molecule has 0 amide bonds. The van der Waals surface area contributed by atoms with Crippen LogP contribution in [0.25, 0.3) is 0 Å². The van der Waals surface area contributed by atoms with Crippen molar-refractivity contribution in [3.63, 3.8) is 0 Å². The predicted octanol–water partition coefficient (Wildman–Crippen LogP) is 1.51. The number of alkyl halides is 2. The number of ether oxygens (including phenoxy) is 2. The lowest BCUT2D eigenvalue weighted by molar-refractivity contribution is -0.255. The van der Waals surface area contributed by atoms with Gasteiger partial charge < -0.3 is 19.4 Å². The molecule has 0 spiro atoms. The van der Waals surface area contributed by atoms with Crippen LogP contribution in [0.5, 0.6) is 11.5 Å². The number of carbonyl (C=O) groups is 3. The van der Waals surface area contributed by atoms with Crippen LogP contribution in [-0.2, 0) is 9.59 Å². The van der Waals surface area contributed by atoms with E-state index in [1.54, 1.807) is 13.8 Å². The maximum Gasteiger partial charge on any atom is 0.323 e. The summed E-state index contributed by atoms with van der Waals surface area (Å²) < 4.78 is 9.22.